The van der Waals surface area contributed by atoms with Crippen LogP contribution in [-0.4, -0.2) is 25.6 Å². The third-order valence-electron chi connectivity index (χ3n) is 1.80. The number of nitrogens with two attached hydrogens (primary N) is 1. The summed E-state index contributed by atoms with van der Waals surface area (Å²) in [6.07, 6.45) is 0. The summed E-state index contributed by atoms with van der Waals surface area (Å²) >= 11 is 0. The van der Waals surface area contributed by atoms with Crippen molar-refractivity contribution in [3.63, 3.8) is 0 Å². The van der Waals surface area contributed by atoms with Gasteiger partial charge in [-0.1, -0.05) is 12.1 Å². The molecule has 14 heavy (non-hydrogen) atoms. The molecule has 0 atom stereocenters. The van der Waals surface area contributed by atoms with Crippen LogP contribution in [-0.2, 0) is 10.0 Å². The standard InChI is InChI=1S/C7H10BNO4S/c1-5-4-6(8(10)11)2-3-7(5)14(9,12)13/h2-4,10-11H,1H3,(H2,9,12,13). The van der Waals surface area contributed by atoms with E-state index in [9.17, 15) is 8.42 Å². The summed E-state index contributed by atoms with van der Waals surface area (Å²) in [5.41, 5.74) is 0.619. The van der Waals surface area contributed by atoms with Crippen molar-refractivity contribution in [1.82, 2.24) is 0 Å². The molecule has 0 aliphatic heterocycles. The highest BCUT2D eigenvalue weighted by molar-refractivity contribution is 7.89. The second-order valence-corrected chi connectivity index (χ2v) is 4.47. The van der Waals surface area contributed by atoms with Gasteiger partial charge in [-0.2, -0.15) is 0 Å². The van der Waals surface area contributed by atoms with E-state index >= 15 is 0 Å². The molecule has 0 fully saturated rings. The zero-order valence-corrected chi connectivity index (χ0v) is 8.32. The summed E-state index contributed by atoms with van der Waals surface area (Å²) < 4.78 is 22.0. The quantitative estimate of drug-likeness (QED) is 0.513. The first kappa shape index (κ1) is 11.2. The molecule has 1 rings (SSSR count). The van der Waals surface area contributed by atoms with E-state index in [1.54, 1.807) is 0 Å². The Morgan fingerprint density at radius 2 is 1.93 bits per heavy atom. The number of aryl methyl sites for hydroxylation is 1. The molecule has 7 heteroatoms. The van der Waals surface area contributed by atoms with Crippen molar-refractivity contribution in [3.8, 4) is 0 Å². The van der Waals surface area contributed by atoms with E-state index in [1.807, 2.05) is 0 Å². The Morgan fingerprint density at radius 3 is 2.29 bits per heavy atom. The molecule has 1 aromatic rings. The maximum Gasteiger partial charge on any atom is 0.488 e. The van der Waals surface area contributed by atoms with E-state index in [-0.39, 0.29) is 10.4 Å². The fraction of sp³-hybridized carbons (Fsp3) is 0.143. The summed E-state index contributed by atoms with van der Waals surface area (Å²) in [6, 6.07) is 3.92. The third-order valence-corrected chi connectivity index (χ3v) is 2.87. The topological polar surface area (TPSA) is 101 Å². The molecule has 0 aromatic heterocycles. The Kier molecular flexibility index (Phi) is 2.96. The van der Waals surface area contributed by atoms with Crippen molar-refractivity contribution in [2.45, 2.75) is 11.8 Å². The van der Waals surface area contributed by atoms with E-state index in [0.29, 0.717) is 5.56 Å². The molecule has 5 nitrogen and oxygen atoms in total. The molecule has 0 radical (unpaired) electrons. The van der Waals surface area contributed by atoms with Crippen LogP contribution < -0.4 is 10.6 Å². The number of hydrogen-bond donors (Lipinski definition) is 3. The van der Waals surface area contributed by atoms with Crippen LogP contribution in [0, 0.1) is 6.92 Å². The first-order chi connectivity index (χ1) is 6.32. The fourth-order valence-corrected chi connectivity index (χ4v) is 1.92. The summed E-state index contributed by atoms with van der Waals surface area (Å²) in [5, 5.41) is 22.6. The molecule has 0 bridgehead atoms. The molecule has 0 saturated heterocycles. The second kappa shape index (κ2) is 3.70. The lowest BCUT2D eigenvalue weighted by Gasteiger charge is -2.05. The van der Waals surface area contributed by atoms with Gasteiger partial charge in [0, 0.05) is 0 Å². The Bertz CT molecular complexity index is 443. The van der Waals surface area contributed by atoms with Gasteiger partial charge < -0.3 is 10.0 Å². The molecule has 1 aromatic carbocycles. The second-order valence-electron chi connectivity index (χ2n) is 2.94. The van der Waals surface area contributed by atoms with Crippen LogP contribution in [0.4, 0.5) is 0 Å². The van der Waals surface area contributed by atoms with Gasteiger partial charge in [-0.3, -0.25) is 0 Å². The molecule has 0 aliphatic rings. The monoisotopic (exact) mass is 215 g/mol. The van der Waals surface area contributed by atoms with Crippen LogP contribution >= 0.6 is 0 Å². The molecule has 0 spiro atoms. The molecule has 0 unspecified atom stereocenters. The minimum absolute atomic E-state index is 0.0121. The molecular formula is C7H10BNO4S. The number of sulfonamides is 1. The summed E-state index contributed by atoms with van der Waals surface area (Å²) in [4.78, 5) is -0.0121. The van der Waals surface area contributed by atoms with E-state index in [1.165, 1.54) is 25.1 Å². The SMILES string of the molecule is Cc1cc(B(O)O)ccc1S(N)(=O)=O. The minimum atomic E-state index is -3.74. The maximum absolute atomic E-state index is 11.0. The van der Waals surface area contributed by atoms with Gasteiger partial charge in [0.15, 0.2) is 0 Å². The number of rotatable bonds is 2. The van der Waals surface area contributed by atoms with Crippen LogP contribution in [0.25, 0.3) is 0 Å². The van der Waals surface area contributed by atoms with Gasteiger partial charge in [0.1, 0.15) is 0 Å². The summed E-state index contributed by atoms with van der Waals surface area (Å²) in [6.45, 7) is 1.53. The molecule has 0 heterocycles. The Balaban J connectivity index is 3.28. The molecule has 4 N–H and O–H groups in total. The third kappa shape index (κ3) is 2.33. The Morgan fingerprint density at radius 1 is 1.36 bits per heavy atom. The van der Waals surface area contributed by atoms with Gasteiger partial charge in [0.25, 0.3) is 0 Å². The van der Waals surface area contributed by atoms with Gasteiger partial charge >= 0.3 is 7.12 Å². The normalized spacial score (nSPS) is 11.4. The molecular weight excluding hydrogens is 205 g/mol. The van der Waals surface area contributed by atoms with Crippen molar-refractivity contribution in [2.24, 2.45) is 5.14 Å². The number of primary sulfonamides is 1. The largest absolute Gasteiger partial charge is 0.488 e. The lowest BCUT2D eigenvalue weighted by Crippen LogP contribution is -2.30. The molecule has 0 amide bonds. The lowest BCUT2D eigenvalue weighted by atomic mass is 9.80. The fourth-order valence-electron chi connectivity index (χ4n) is 1.15. The average Bonchev–Trinajstić information content (AvgIpc) is 2.01. The summed E-state index contributed by atoms with van der Waals surface area (Å²) in [5.74, 6) is 0. The predicted octanol–water partition coefficient (Wildman–Crippen LogP) is -1.68. The van der Waals surface area contributed by atoms with Gasteiger partial charge in [-0.15, -0.1) is 0 Å². The van der Waals surface area contributed by atoms with Crippen LogP contribution in [0.5, 0.6) is 0 Å². The Hall–Kier alpha value is -0.885. The van der Waals surface area contributed by atoms with Gasteiger partial charge in [-0.25, -0.2) is 13.6 Å². The van der Waals surface area contributed by atoms with E-state index in [2.05, 4.69) is 0 Å². The Labute approximate surface area is 82.4 Å². The van der Waals surface area contributed by atoms with Crippen LogP contribution in [0.1, 0.15) is 5.56 Å². The van der Waals surface area contributed by atoms with E-state index in [4.69, 9.17) is 15.2 Å². The molecule has 0 saturated carbocycles. The van der Waals surface area contributed by atoms with E-state index in [0.717, 1.165) is 0 Å². The van der Waals surface area contributed by atoms with Crippen molar-refractivity contribution < 1.29 is 18.5 Å². The highest BCUT2D eigenvalue weighted by Gasteiger charge is 2.16. The van der Waals surface area contributed by atoms with Crippen LogP contribution in [0.2, 0.25) is 0 Å². The zero-order valence-electron chi connectivity index (χ0n) is 7.51. The first-order valence-electron chi connectivity index (χ1n) is 3.82. The smallest absolute Gasteiger partial charge is 0.423 e. The molecule has 76 valence electrons. The van der Waals surface area contributed by atoms with Crippen molar-refractivity contribution >= 4 is 22.6 Å². The first-order valence-corrected chi connectivity index (χ1v) is 5.36. The highest BCUT2D eigenvalue weighted by Crippen LogP contribution is 2.10. The average molecular weight is 215 g/mol. The highest BCUT2D eigenvalue weighted by atomic mass is 32.2. The van der Waals surface area contributed by atoms with Gasteiger partial charge in [-0.05, 0) is 24.0 Å². The maximum atomic E-state index is 11.0. The van der Waals surface area contributed by atoms with Crippen LogP contribution in [0.3, 0.4) is 0 Å². The molecule has 0 aliphatic carbocycles. The van der Waals surface area contributed by atoms with Crippen molar-refractivity contribution in [3.05, 3.63) is 23.8 Å². The van der Waals surface area contributed by atoms with E-state index < -0.39 is 17.1 Å². The van der Waals surface area contributed by atoms with Crippen molar-refractivity contribution in [1.29, 1.82) is 0 Å². The van der Waals surface area contributed by atoms with Gasteiger partial charge in [0.2, 0.25) is 10.0 Å². The summed E-state index contributed by atoms with van der Waals surface area (Å²) in [7, 11) is -5.35. The number of hydrogen-bond acceptors (Lipinski definition) is 4. The zero-order chi connectivity index (χ0) is 10.9. The minimum Gasteiger partial charge on any atom is -0.423 e. The van der Waals surface area contributed by atoms with Gasteiger partial charge in [0.05, 0.1) is 4.90 Å². The lowest BCUT2D eigenvalue weighted by molar-refractivity contribution is 0.425. The van der Waals surface area contributed by atoms with Crippen LogP contribution in [0.15, 0.2) is 23.1 Å². The predicted molar refractivity (Wildman–Crippen MR) is 52.4 cm³/mol. The van der Waals surface area contributed by atoms with Crippen molar-refractivity contribution in [2.75, 3.05) is 0 Å². The number of benzene rings is 1.